The van der Waals surface area contributed by atoms with Crippen LogP contribution in [-0.2, 0) is 0 Å². The van der Waals surface area contributed by atoms with Gasteiger partial charge in [-0.1, -0.05) is 394 Å². The Kier molecular flexibility index (Phi) is 20.4. The maximum absolute atomic E-state index is 5.08. The zero-order chi connectivity index (χ0) is 86.9. The highest BCUT2D eigenvalue weighted by Gasteiger charge is 2.23. The van der Waals surface area contributed by atoms with E-state index < -0.39 is 0 Å². The number of para-hydroxylation sites is 5. The van der Waals surface area contributed by atoms with E-state index in [9.17, 15) is 0 Å². The molecule has 0 bridgehead atoms. The van der Waals surface area contributed by atoms with Crippen molar-refractivity contribution in [3.63, 3.8) is 0 Å². The predicted octanol–water partition coefficient (Wildman–Crippen LogP) is 29.5. The minimum absolute atomic E-state index is 0.610. The first kappa shape index (κ1) is 77.9. The lowest BCUT2D eigenvalue weighted by molar-refractivity contribution is 0.953. The van der Waals surface area contributed by atoms with Gasteiger partial charge in [-0.2, -0.15) is 9.97 Å². The topological polar surface area (TPSA) is 131 Å². The van der Waals surface area contributed by atoms with Crippen molar-refractivity contribution in [1.82, 2.24) is 58.6 Å². The molecule has 614 valence electrons. The van der Waals surface area contributed by atoms with E-state index in [-0.39, 0.29) is 0 Å². The number of benzene rings is 19. The fourth-order valence-electron chi connectivity index (χ4n) is 18.0. The number of hydrogen-bond acceptors (Lipinski definition) is 9. The number of nitrogens with zero attached hydrogens (tertiary/aromatic N) is 12. The molecule has 0 aliphatic heterocycles. The van der Waals surface area contributed by atoms with Crippen molar-refractivity contribution < 1.29 is 0 Å². The van der Waals surface area contributed by atoms with E-state index in [4.69, 9.17) is 44.9 Å². The van der Waals surface area contributed by atoms with Crippen molar-refractivity contribution in [2.45, 2.75) is 0 Å². The van der Waals surface area contributed by atoms with Gasteiger partial charge in [0.2, 0.25) is 5.95 Å². The lowest BCUT2D eigenvalue weighted by Gasteiger charge is -2.12. The van der Waals surface area contributed by atoms with Gasteiger partial charge in [-0.05, 0) is 134 Å². The standard InChI is InChI=1S/C45H30N4.C43H28N4.C31H20N4/c1-3-12-31(13-4-1)33-22-26-35(27-23-33)43-46-44(36-28-24-34(25-29-36)32-14-5-2-6-15-32)48-45(47-43)37-16-11-17-38(30-37)49-41-20-9-7-18-39(41)40-19-8-10-21-42(40)49;1-2-11-31(12-3-1)41-44-42(32-21-18-30(19-22-32)35-23-20-29-10-4-5-13-34(29)28-35)46-43(45-41)33-24-26-36(27-25-33)47-39-16-8-6-14-37(39)38-15-7-9-17-40(38)47;1-3-12-22(13-4-1)29-32-30(23-14-5-2-6-15-23)34-31(33-29)35-26-18-10-9-17-25(26)28-24-16-8-7-11-21(24)19-20-27(28)35/h1-30H;1-28H;1-20H. The molecule has 0 saturated heterocycles. The number of fused-ring (bicyclic) bond motifs is 12. The molecule has 12 nitrogen and oxygen atoms in total. The summed E-state index contributed by atoms with van der Waals surface area (Å²) in [5, 5.41) is 12.2. The second-order valence-corrected chi connectivity index (χ2v) is 32.4. The highest BCUT2D eigenvalue weighted by molar-refractivity contribution is 6.21. The van der Waals surface area contributed by atoms with Gasteiger partial charge < -0.3 is 9.13 Å². The molecule has 0 aliphatic rings. The maximum atomic E-state index is 5.08. The van der Waals surface area contributed by atoms with E-state index in [0.29, 0.717) is 52.5 Å². The molecule has 0 radical (unpaired) electrons. The molecular formula is C119H78N12. The molecule has 0 unspecified atom stereocenters. The molecule has 0 spiro atoms. The van der Waals surface area contributed by atoms with Crippen molar-refractivity contribution >= 4 is 87.0 Å². The third kappa shape index (κ3) is 15.2. The molecule has 0 amide bonds. The first-order chi connectivity index (χ1) is 64.9. The molecule has 0 N–H and O–H groups in total. The van der Waals surface area contributed by atoms with Crippen LogP contribution in [0.2, 0.25) is 0 Å². The molecule has 19 aromatic carbocycles. The minimum Gasteiger partial charge on any atom is -0.309 e. The van der Waals surface area contributed by atoms with Crippen LogP contribution in [0.15, 0.2) is 473 Å². The zero-order valence-electron chi connectivity index (χ0n) is 70.9. The van der Waals surface area contributed by atoms with Gasteiger partial charge >= 0.3 is 0 Å². The zero-order valence-corrected chi connectivity index (χ0v) is 70.9. The Hall–Kier alpha value is -17.9. The first-order valence-electron chi connectivity index (χ1n) is 43.9. The smallest absolute Gasteiger partial charge is 0.238 e. The van der Waals surface area contributed by atoms with Crippen LogP contribution in [0.1, 0.15) is 0 Å². The molecule has 6 heterocycles. The summed E-state index contributed by atoms with van der Waals surface area (Å²) < 4.78 is 6.80. The second kappa shape index (κ2) is 34.2. The van der Waals surface area contributed by atoms with Crippen LogP contribution in [0.4, 0.5) is 0 Å². The van der Waals surface area contributed by atoms with Crippen molar-refractivity contribution in [3.8, 4) is 142 Å². The summed E-state index contributed by atoms with van der Waals surface area (Å²) in [6, 6.07) is 164. The Labute approximate surface area is 755 Å². The second-order valence-electron chi connectivity index (χ2n) is 32.4. The Bertz CT molecular complexity index is 8270. The maximum Gasteiger partial charge on any atom is 0.238 e. The quantitative estimate of drug-likeness (QED) is 0.104. The summed E-state index contributed by atoms with van der Waals surface area (Å²) in [6.45, 7) is 0. The fraction of sp³-hybridized carbons (Fsp3) is 0. The van der Waals surface area contributed by atoms with Crippen LogP contribution in [0.3, 0.4) is 0 Å². The Morgan fingerprint density at radius 2 is 0.397 bits per heavy atom. The van der Waals surface area contributed by atoms with E-state index in [0.717, 1.165) is 94.6 Å². The van der Waals surface area contributed by atoms with Crippen LogP contribution in [-0.4, -0.2) is 58.6 Å². The summed E-state index contributed by atoms with van der Waals surface area (Å²) in [4.78, 5) is 44.9. The minimum atomic E-state index is 0.610. The van der Waals surface area contributed by atoms with Gasteiger partial charge in [-0.25, -0.2) is 34.9 Å². The average Bonchev–Trinajstić information content (AvgIpc) is 1.60. The Morgan fingerprint density at radius 3 is 0.817 bits per heavy atom. The van der Waals surface area contributed by atoms with E-state index in [1.54, 1.807) is 0 Å². The number of hydrogen-bond donors (Lipinski definition) is 0. The van der Waals surface area contributed by atoms with Gasteiger partial charge in [0.25, 0.3) is 0 Å². The molecule has 0 saturated carbocycles. The third-order valence-corrected chi connectivity index (χ3v) is 24.4. The van der Waals surface area contributed by atoms with E-state index >= 15 is 0 Å². The highest BCUT2D eigenvalue weighted by Crippen LogP contribution is 2.41. The SMILES string of the molecule is c1ccc(-c2ccc(-c3nc(-c4ccc(-c5ccccc5)cc4)nc(-c4cccc(-n5c6ccccc6c6ccccc65)c4)n3)cc2)cc1.c1ccc(-c2nc(-c3ccc(-c4ccc5ccccc5c4)cc3)nc(-c3ccc(-n4c5ccccc5c5ccccc54)cc3)n2)cc1.c1ccc(-c2nc(-c3ccccc3)nc(-n3c4ccccc4c4c5ccccc5ccc43)n2)cc1. The normalized spacial score (nSPS) is 11.4. The summed E-state index contributed by atoms with van der Waals surface area (Å²) in [7, 11) is 0. The predicted molar refractivity (Wildman–Crippen MR) is 537 cm³/mol. The molecule has 6 aromatic heterocycles. The molecule has 25 rings (SSSR count). The largest absolute Gasteiger partial charge is 0.309 e. The van der Waals surface area contributed by atoms with Gasteiger partial charge in [-0.3, -0.25) is 4.57 Å². The highest BCUT2D eigenvalue weighted by atomic mass is 15.2. The summed E-state index contributed by atoms with van der Waals surface area (Å²) >= 11 is 0. The van der Waals surface area contributed by atoms with Gasteiger partial charge in [-0.15, -0.1) is 0 Å². The van der Waals surface area contributed by atoms with Crippen LogP contribution < -0.4 is 0 Å². The number of aromatic nitrogens is 12. The molecule has 25 aromatic rings. The van der Waals surface area contributed by atoms with Gasteiger partial charge in [0, 0.05) is 88.2 Å². The Morgan fingerprint density at radius 1 is 0.130 bits per heavy atom. The lowest BCUT2D eigenvalue weighted by atomic mass is 10.00. The van der Waals surface area contributed by atoms with E-state index in [1.165, 1.54) is 81.6 Å². The summed E-state index contributed by atoms with van der Waals surface area (Å²) in [6.07, 6.45) is 0. The van der Waals surface area contributed by atoms with Gasteiger partial charge in [0.05, 0.1) is 33.1 Å². The monoisotopic (exact) mass is 1670 g/mol. The molecule has 12 heteroatoms. The van der Waals surface area contributed by atoms with Gasteiger partial charge in [0.1, 0.15) is 0 Å². The van der Waals surface area contributed by atoms with E-state index in [2.05, 4.69) is 384 Å². The molecule has 0 atom stereocenters. The van der Waals surface area contributed by atoms with Crippen LogP contribution in [0.25, 0.3) is 229 Å². The van der Waals surface area contributed by atoms with E-state index in [1.807, 2.05) is 103 Å². The molecule has 0 fully saturated rings. The molecule has 0 aliphatic carbocycles. The molecular weight excluding hydrogens is 1600 g/mol. The van der Waals surface area contributed by atoms with Gasteiger partial charge in [0.15, 0.2) is 46.6 Å². The first-order valence-corrected chi connectivity index (χ1v) is 43.9. The van der Waals surface area contributed by atoms with Crippen LogP contribution in [0.5, 0.6) is 0 Å². The number of rotatable bonds is 14. The van der Waals surface area contributed by atoms with Crippen LogP contribution >= 0.6 is 0 Å². The average molecular weight is 1680 g/mol. The van der Waals surface area contributed by atoms with Crippen molar-refractivity contribution in [2.75, 3.05) is 0 Å². The van der Waals surface area contributed by atoms with Crippen molar-refractivity contribution in [3.05, 3.63) is 473 Å². The summed E-state index contributed by atoms with van der Waals surface area (Å²) in [5.74, 6) is 5.74. The molecule has 131 heavy (non-hydrogen) atoms. The lowest BCUT2D eigenvalue weighted by Crippen LogP contribution is -2.06. The van der Waals surface area contributed by atoms with Crippen molar-refractivity contribution in [2.24, 2.45) is 0 Å². The fourth-order valence-corrected chi connectivity index (χ4v) is 18.0. The van der Waals surface area contributed by atoms with Crippen molar-refractivity contribution in [1.29, 1.82) is 0 Å². The third-order valence-electron chi connectivity index (χ3n) is 24.4. The summed E-state index contributed by atoms with van der Waals surface area (Å²) in [5.41, 5.74) is 23.5. The Balaban J connectivity index is 0.000000113. The van der Waals surface area contributed by atoms with Crippen LogP contribution in [0, 0.1) is 0 Å².